The highest BCUT2D eigenvalue weighted by Gasteiger charge is 2.60. The summed E-state index contributed by atoms with van der Waals surface area (Å²) in [5.74, 6) is 0.319. The zero-order valence-electron chi connectivity index (χ0n) is 10.3. The normalized spacial score (nSPS) is 36.6. The van der Waals surface area contributed by atoms with E-state index in [9.17, 15) is 9.59 Å². The molecule has 0 N–H and O–H groups in total. The molecule has 18 heavy (non-hydrogen) atoms. The number of Topliss-reactive ketones (excluding diaryl/α,β-unsaturated/α-hetero) is 1. The summed E-state index contributed by atoms with van der Waals surface area (Å²) in [5, 5.41) is 9.02. The molecule has 3 aliphatic heterocycles. The number of carbonyl (C=O) groups is 2. The molecule has 0 aromatic heterocycles. The van der Waals surface area contributed by atoms with Crippen molar-refractivity contribution in [2.75, 3.05) is 6.61 Å². The highest BCUT2D eigenvalue weighted by Crippen LogP contribution is 2.40. The molecule has 98 valence electrons. The Hall–Kier alpha value is -1.50. The lowest BCUT2D eigenvalue weighted by Gasteiger charge is -2.24. The van der Waals surface area contributed by atoms with Crippen LogP contribution in [0.5, 0.6) is 0 Å². The molecular formula is C11H15N3O4. The van der Waals surface area contributed by atoms with Gasteiger partial charge in [-0.1, -0.05) is 19.1 Å². The van der Waals surface area contributed by atoms with Gasteiger partial charge in [0.05, 0.1) is 12.7 Å². The van der Waals surface area contributed by atoms with E-state index >= 15 is 0 Å². The molecule has 0 unspecified atom stereocenters. The molecule has 0 aliphatic carbocycles. The predicted molar refractivity (Wildman–Crippen MR) is 58.7 cm³/mol. The van der Waals surface area contributed by atoms with E-state index in [0.717, 1.165) is 0 Å². The fourth-order valence-electron chi connectivity index (χ4n) is 2.57. The van der Waals surface area contributed by atoms with Gasteiger partial charge in [-0.2, -0.15) is 10.1 Å². The Labute approximate surface area is 104 Å². The zero-order chi connectivity index (χ0) is 12.9. The summed E-state index contributed by atoms with van der Waals surface area (Å²) in [6.07, 6.45) is -0.977. The molecular weight excluding hydrogens is 238 g/mol. The van der Waals surface area contributed by atoms with Gasteiger partial charge < -0.3 is 9.47 Å². The molecule has 3 heterocycles. The van der Waals surface area contributed by atoms with E-state index < -0.39 is 12.2 Å². The lowest BCUT2D eigenvalue weighted by Crippen LogP contribution is -2.48. The predicted octanol–water partition coefficient (Wildman–Crippen LogP) is 0.939. The molecule has 2 bridgehead atoms. The third-order valence-electron chi connectivity index (χ3n) is 3.37. The van der Waals surface area contributed by atoms with Gasteiger partial charge in [0.15, 0.2) is 5.78 Å². The van der Waals surface area contributed by atoms with Crippen molar-refractivity contribution in [1.82, 2.24) is 5.01 Å². The van der Waals surface area contributed by atoms with Gasteiger partial charge in [-0.3, -0.25) is 4.79 Å². The first-order valence-electron chi connectivity index (χ1n) is 6.13. The Morgan fingerprint density at radius 1 is 1.61 bits per heavy atom. The topological polar surface area (TPSA) is 80.6 Å². The quantitative estimate of drug-likeness (QED) is 0.733. The summed E-state index contributed by atoms with van der Waals surface area (Å²) in [6.45, 7) is 4.26. The highest BCUT2D eigenvalue weighted by atomic mass is 16.6. The Kier molecular flexibility index (Phi) is 2.58. The number of hydrogen-bond acceptors (Lipinski definition) is 6. The summed E-state index contributed by atoms with van der Waals surface area (Å²) in [6, 6.07) is -0.616. The van der Waals surface area contributed by atoms with Crippen LogP contribution in [0.1, 0.15) is 20.3 Å². The second-order valence-electron chi connectivity index (χ2n) is 5.27. The molecule has 7 heteroatoms. The monoisotopic (exact) mass is 253 g/mol. The molecule has 1 amide bonds. The second-order valence-corrected chi connectivity index (χ2v) is 5.27. The van der Waals surface area contributed by atoms with Crippen LogP contribution in [0, 0.1) is 5.92 Å². The van der Waals surface area contributed by atoms with Gasteiger partial charge >= 0.3 is 6.09 Å². The largest absolute Gasteiger partial charge is 0.448 e. The third kappa shape index (κ3) is 1.61. The van der Waals surface area contributed by atoms with E-state index in [2.05, 4.69) is 10.3 Å². The summed E-state index contributed by atoms with van der Waals surface area (Å²) in [7, 11) is 0. The van der Waals surface area contributed by atoms with E-state index in [1.165, 1.54) is 5.01 Å². The van der Waals surface area contributed by atoms with Gasteiger partial charge in [0, 0.05) is 6.42 Å². The van der Waals surface area contributed by atoms with Crippen molar-refractivity contribution >= 4 is 11.9 Å². The maximum atomic E-state index is 11.9. The Morgan fingerprint density at radius 2 is 2.39 bits per heavy atom. The molecule has 0 aromatic rings. The van der Waals surface area contributed by atoms with Crippen LogP contribution in [-0.2, 0) is 14.3 Å². The molecule has 0 saturated carbocycles. The van der Waals surface area contributed by atoms with Crippen LogP contribution in [0.2, 0.25) is 0 Å². The third-order valence-corrected chi connectivity index (χ3v) is 3.37. The molecule has 4 atom stereocenters. The van der Waals surface area contributed by atoms with E-state index in [0.29, 0.717) is 13.0 Å². The number of ketones is 1. The van der Waals surface area contributed by atoms with Crippen molar-refractivity contribution in [2.24, 2.45) is 16.3 Å². The minimum absolute atomic E-state index is 0.0533. The lowest BCUT2D eigenvalue weighted by atomic mass is 9.90. The molecule has 2 saturated heterocycles. The number of carbonyl (C=O) groups excluding carboxylic acids is 2. The molecule has 7 nitrogen and oxygen atoms in total. The van der Waals surface area contributed by atoms with Gasteiger partial charge in [-0.05, 0) is 5.92 Å². The first kappa shape index (κ1) is 11.6. The average Bonchev–Trinajstić information content (AvgIpc) is 2.95. The maximum Gasteiger partial charge on any atom is 0.432 e. The van der Waals surface area contributed by atoms with Crippen LogP contribution >= 0.6 is 0 Å². The van der Waals surface area contributed by atoms with Crippen LogP contribution < -0.4 is 0 Å². The van der Waals surface area contributed by atoms with Crippen LogP contribution in [-0.4, -0.2) is 47.8 Å². The van der Waals surface area contributed by atoms with Crippen LogP contribution in [0.4, 0.5) is 4.79 Å². The van der Waals surface area contributed by atoms with Crippen molar-refractivity contribution in [3.8, 4) is 0 Å². The second kappa shape index (κ2) is 4.01. The first-order valence-corrected chi connectivity index (χ1v) is 6.13. The van der Waals surface area contributed by atoms with Gasteiger partial charge in [0.25, 0.3) is 0 Å². The standard InChI is InChI=1S/C11H15N3O4/c1-5(2)4-17-11(16)14-9-7-3-6(15)10(18-7)8(9)12-13-14/h5,7-10H,3-4H2,1-2H3/t7-,8+,9-,10-/m0/s1. The molecule has 0 spiro atoms. The Morgan fingerprint density at radius 3 is 3.11 bits per heavy atom. The van der Waals surface area contributed by atoms with Gasteiger partial charge in [-0.25, -0.2) is 4.79 Å². The summed E-state index contributed by atoms with van der Waals surface area (Å²) >= 11 is 0. The molecule has 3 aliphatic rings. The number of amides is 1. The minimum atomic E-state index is -0.522. The highest BCUT2D eigenvalue weighted by molar-refractivity contribution is 5.88. The number of fused-ring (bicyclic) bond motifs is 5. The molecule has 0 aromatic carbocycles. The van der Waals surface area contributed by atoms with E-state index in [4.69, 9.17) is 9.47 Å². The van der Waals surface area contributed by atoms with Gasteiger partial charge in [0.1, 0.15) is 18.2 Å². The van der Waals surface area contributed by atoms with Crippen molar-refractivity contribution in [2.45, 2.75) is 44.6 Å². The van der Waals surface area contributed by atoms with Crippen LogP contribution in [0.25, 0.3) is 0 Å². The fourth-order valence-corrected chi connectivity index (χ4v) is 2.57. The van der Waals surface area contributed by atoms with Crippen LogP contribution in [0.3, 0.4) is 0 Å². The average molecular weight is 253 g/mol. The summed E-state index contributed by atoms with van der Waals surface area (Å²) in [4.78, 5) is 23.4. The Bertz CT molecular complexity index is 423. The zero-order valence-corrected chi connectivity index (χ0v) is 10.3. The summed E-state index contributed by atoms with van der Waals surface area (Å²) < 4.78 is 10.6. The number of rotatable bonds is 2. The van der Waals surface area contributed by atoms with Crippen LogP contribution in [0.15, 0.2) is 10.3 Å². The van der Waals surface area contributed by atoms with Crippen molar-refractivity contribution in [3.63, 3.8) is 0 Å². The van der Waals surface area contributed by atoms with Crippen molar-refractivity contribution < 1.29 is 19.1 Å². The maximum absolute atomic E-state index is 11.9. The van der Waals surface area contributed by atoms with Gasteiger partial charge in [-0.15, -0.1) is 0 Å². The van der Waals surface area contributed by atoms with E-state index in [1.54, 1.807) is 0 Å². The van der Waals surface area contributed by atoms with Crippen molar-refractivity contribution in [1.29, 1.82) is 0 Å². The number of nitrogens with zero attached hydrogens (tertiary/aromatic N) is 3. The number of hydrogen-bond donors (Lipinski definition) is 0. The van der Waals surface area contributed by atoms with E-state index in [-0.39, 0.29) is 29.9 Å². The minimum Gasteiger partial charge on any atom is -0.448 e. The van der Waals surface area contributed by atoms with Crippen molar-refractivity contribution in [3.05, 3.63) is 0 Å². The fraction of sp³-hybridized carbons (Fsp3) is 0.818. The smallest absolute Gasteiger partial charge is 0.432 e. The van der Waals surface area contributed by atoms with E-state index in [1.807, 2.05) is 13.8 Å². The molecule has 0 radical (unpaired) electrons. The van der Waals surface area contributed by atoms with Gasteiger partial charge in [0.2, 0.25) is 0 Å². The number of ether oxygens (including phenoxy) is 2. The summed E-state index contributed by atoms with van der Waals surface area (Å²) in [5.41, 5.74) is 0. The Balaban J connectivity index is 1.68. The molecule has 2 fully saturated rings. The lowest BCUT2D eigenvalue weighted by molar-refractivity contribution is -0.122. The first-order chi connectivity index (χ1) is 8.58. The SMILES string of the molecule is CC(C)COC(=O)N1N=N[C@@H]2[C@@H]1[C@@H]1CC(=O)[C@@H]2O1. The molecule has 3 rings (SSSR count).